The van der Waals surface area contributed by atoms with Gasteiger partial charge in [-0.2, -0.15) is 0 Å². The maximum absolute atomic E-state index is 11.3. The summed E-state index contributed by atoms with van der Waals surface area (Å²) in [5, 5.41) is 20.2. The minimum Gasteiger partial charge on any atom is -0.452 e. The molecule has 0 aromatic rings. The number of carbonyl (C=O) groups is 1. The molecule has 0 aromatic heterocycles. The minimum atomic E-state index is -4.79. The van der Waals surface area contributed by atoms with Crippen LogP contribution in [0.5, 0.6) is 0 Å². The van der Waals surface area contributed by atoms with E-state index < -0.39 is 44.1 Å². The van der Waals surface area contributed by atoms with E-state index in [1.165, 1.54) is 24.3 Å². The Hall–Kier alpha value is -1.54. The Bertz CT molecular complexity index is 691. The van der Waals surface area contributed by atoms with Gasteiger partial charge in [0.2, 0.25) is 0 Å². The summed E-state index contributed by atoms with van der Waals surface area (Å²) in [6, 6.07) is 0. The number of esters is 1. The smallest absolute Gasteiger partial charge is 0.452 e. The maximum Gasteiger partial charge on any atom is 0.469 e. The predicted molar refractivity (Wildman–Crippen MR) is 113 cm³/mol. The van der Waals surface area contributed by atoms with Crippen molar-refractivity contribution in [1.82, 2.24) is 0 Å². The molecule has 4 N–H and O–H groups in total. The molecule has 9 heteroatoms. The van der Waals surface area contributed by atoms with Gasteiger partial charge in [0, 0.05) is 12.0 Å². The molecule has 0 aromatic carbocycles. The van der Waals surface area contributed by atoms with Crippen LogP contribution in [0.2, 0.25) is 0 Å². The van der Waals surface area contributed by atoms with E-state index in [0.29, 0.717) is 5.92 Å². The molecule has 0 fully saturated rings. The first-order valence-corrected chi connectivity index (χ1v) is 11.5. The second kappa shape index (κ2) is 13.0. The number of allylic oxidation sites excluding steroid dienone is 3. The zero-order valence-electron chi connectivity index (χ0n) is 17.6. The lowest BCUT2D eigenvalue weighted by molar-refractivity contribution is -0.146. The van der Waals surface area contributed by atoms with Gasteiger partial charge in [-0.15, -0.1) is 0 Å². The van der Waals surface area contributed by atoms with Crippen LogP contribution in [0.25, 0.3) is 0 Å². The lowest BCUT2D eigenvalue weighted by Gasteiger charge is -2.26. The van der Waals surface area contributed by atoms with Crippen LogP contribution in [0.1, 0.15) is 40.0 Å². The Labute approximate surface area is 177 Å². The van der Waals surface area contributed by atoms with Crippen molar-refractivity contribution < 1.29 is 38.6 Å². The highest BCUT2D eigenvalue weighted by atomic mass is 31.2. The van der Waals surface area contributed by atoms with Crippen LogP contribution < -0.4 is 0 Å². The molecule has 170 valence electrons. The number of ether oxygens (including phenoxy) is 1. The average molecular weight is 444 g/mol. The van der Waals surface area contributed by atoms with Gasteiger partial charge in [0.05, 0.1) is 12.2 Å². The minimum absolute atomic E-state index is 0.0336. The van der Waals surface area contributed by atoms with Crippen molar-refractivity contribution in [2.24, 2.45) is 11.8 Å². The van der Waals surface area contributed by atoms with Gasteiger partial charge in [0.15, 0.2) is 0 Å². The second-order valence-electron chi connectivity index (χ2n) is 7.68. The SMILES string of the molecule is CC(C)CC/C=C\C=C/[C@H](O)[C@H](C)[C@H](C/C=C/[C@@H]1OC(=O)C=C[C@@H]1O)OP(=O)(O)O. The first kappa shape index (κ1) is 26.5. The summed E-state index contributed by atoms with van der Waals surface area (Å²) >= 11 is 0. The molecular weight excluding hydrogens is 411 g/mol. The molecule has 30 heavy (non-hydrogen) atoms. The van der Waals surface area contributed by atoms with Gasteiger partial charge in [-0.25, -0.2) is 9.36 Å². The van der Waals surface area contributed by atoms with Gasteiger partial charge in [0.25, 0.3) is 0 Å². The Morgan fingerprint density at radius 2 is 1.93 bits per heavy atom. The number of rotatable bonds is 12. The molecule has 8 nitrogen and oxygen atoms in total. The lowest BCUT2D eigenvalue weighted by Crippen LogP contribution is -2.32. The zero-order chi connectivity index (χ0) is 22.7. The van der Waals surface area contributed by atoms with Crippen LogP contribution in [0.4, 0.5) is 0 Å². The first-order valence-electron chi connectivity index (χ1n) is 9.98. The number of aliphatic hydroxyl groups excluding tert-OH is 2. The van der Waals surface area contributed by atoms with Crippen molar-refractivity contribution in [3.8, 4) is 0 Å². The Morgan fingerprint density at radius 1 is 1.23 bits per heavy atom. The van der Waals surface area contributed by atoms with Crippen LogP contribution >= 0.6 is 7.82 Å². The van der Waals surface area contributed by atoms with Gasteiger partial charge in [-0.1, -0.05) is 51.2 Å². The van der Waals surface area contributed by atoms with Crippen LogP contribution in [-0.4, -0.2) is 50.4 Å². The summed E-state index contributed by atoms with van der Waals surface area (Å²) in [6.07, 6.45) is 10.5. The fourth-order valence-electron chi connectivity index (χ4n) is 2.74. The summed E-state index contributed by atoms with van der Waals surface area (Å²) in [6.45, 7) is 5.89. The van der Waals surface area contributed by atoms with Gasteiger partial charge in [-0.05, 0) is 37.3 Å². The van der Waals surface area contributed by atoms with E-state index in [9.17, 15) is 29.4 Å². The number of aliphatic hydroxyl groups is 2. The summed E-state index contributed by atoms with van der Waals surface area (Å²) < 4.78 is 21.1. The van der Waals surface area contributed by atoms with Crippen LogP contribution in [0, 0.1) is 11.8 Å². The number of phosphoric ester groups is 1. The third-order valence-corrected chi connectivity index (χ3v) is 5.12. The topological polar surface area (TPSA) is 134 Å². The molecule has 1 heterocycles. The van der Waals surface area contributed by atoms with Crippen molar-refractivity contribution in [2.45, 2.75) is 64.4 Å². The second-order valence-corrected chi connectivity index (χ2v) is 8.88. The normalized spacial score (nSPS) is 23.5. The number of phosphoric acid groups is 1. The van der Waals surface area contributed by atoms with E-state index in [2.05, 4.69) is 13.8 Å². The first-order chi connectivity index (χ1) is 14.0. The number of cyclic esters (lactones) is 1. The summed E-state index contributed by atoms with van der Waals surface area (Å²) in [5.74, 6) is -0.619. The molecule has 1 aliphatic heterocycles. The monoisotopic (exact) mass is 444 g/mol. The molecule has 0 bridgehead atoms. The Balaban J connectivity index is 2.71. The van der Waals surface area contributed by atoms with E-state index in [1.807, 2.05) is 12.2 Å². The zero-order valence-corrected chi connectivity index (χ0v) is 18.5. The maximum atomic E-state index is 11.3. The lowest BCUT2D eigenvalue weighted by atomic mass is 9.95. The van der Waals surface area contributed by atoms with Crippen molar-refractivity contribution in [3.63, 3.8) is 0 Å². The Kier molecular flexibility index (Phi) is 11.5. The third kappa shape index (κ3) is 11.0. The molecule has 5 atom stereocenters. The van der Waals surface area contributed by atoms with Crippen LogP contribution in [0.3, 0.4) is 0 Å². The third-order valence-electron chi connectivity index (χ3n) is 4.58. The highest BCUT2D eigenvalue weighted by molar-refractivity contribution is 7.46. The number of carbonyl (C=O) groups excluding carboxylic acids is 1. The highest BCUT2D eigenvalue weighted by Gasteiger charge is 2.30. The molecule has 1 rings (SSSR count). The van der Waals surface area contributed by atoms with E-state index in [4.69, 9.17) is 9.26 Å². The van der Waals surface area contributed by atoms with E-state index >= 15 is 0 Å². The van der Waals surface area contributed by atoms with E-state index in [-0.39, 0.29) is 6.42 Å². The standard InChI is InChI=1S/C21H33O8P/c1-15(2)9-6-4-5-7-10-17(22)16(3)19(29-30(25,26)27)11-8-12-20-18(23)13-14-21(24)28-20/h4-5,7-8,10,12-20,22-23H,6,9,11H2,1-3H3,(H2,25,26,27)/b5-4-,10-7-,12-8+/t16-,17-,18-,19-,20-/m0/s1. The molecule has 0 aliphatic carbocycles. The molecule has 0 saturated heterocycles. The van der Waals surface area contributed by atoms with Crippen molar-refractivity contribution in [2.75, 3.05) is 0 Å². The molecule has 0 amide bonds. The summed E-state index contributed by atoms with van der Waals surface area (Å²) in [7, 11) is -4.79. The number of hydrogen-bond acceptors (Lipinski definition) is 6. The van der Waals surface area contributed by atoms with Crippen molar-refractivity contribution in [3.05, 3.63) is 48.6 Å². The quantitative estimate of drug-likeness (QED) is 0.156. The summed E-state index contributed by atoms with van der Waals surface area (Å²) in [4.78, 5) is 29.7. The van der Waals surface area contributed by atoms with Crippen LogP contribution in [0.15, 0.2) is 48.6 Å². The fourth-order valence-corrected chi connectivity index (χ4v) is 3.37. The average Bonchev–Trinajstić information content (AvgIpc) is 2.64. The molecule has 1 aliphatic rings. The fraction of sp³-hybridized carbons (Fsp3) is 0.571. The molecular formula is C21H33O8P. The molecule has 0 unspecified atom stereocenters. The van der Waals surface area contributed by atoms with Gasteiger partial charge < -0.3 is 24.7 Å². The molecule has 0 saturated carbocycles. The molecule has 0 radical (unpaired) electrons. The Morgan fingerprint density at radius 3 is 2.57 bits per heavy atom. The highest BCUT2D eigenvalue weighted by Crippen LogP contribution is 2.40. The summed E-state index contributed by atoms with van der Waals surface area (Å²) in [5.41, 5.74) is 0. The molecule has 0 spiro atoms. The van der Waals surface area contributed by atoms with Gasteiger partial charge >= 0.3 is 13.8 Å². The van der Waals surface area contributed by atoms with Crippen molar-refractivity contribution in [1.29, 1.82) is 0 Å². The van der Waals surface area contributed by atoms with Crippen molar-refractivity contribution >= 4 is 13.8 Å². The van der Waals surface area contributed by atoms with E-state index in [0.717, 1.165) is 18.9 Å². The van der Waals surface area contributed by atoms with E-state index in [1.54, 1.807) is 13.0 Å². The predicted octanol–water partition coefficient (Wildman–Crippen LogP) is 2.80. The largest absolute Gasteiger partial charge is 0.469 e. The van der Waals surface area contributed by atoms with Gasteiger partial charge in [0.1, 0.15) is 12.2 Å². The van der Waals surface area contributed by atoms with Gasteiger partial charge in [-0.3, -0.25) is 4.52 Å². The number of hydrogen-bond donors (Lipinski definition) is 4. The van der Waals surface area contributed by atoms with Crippen LogP contribution in [-0.2, 0) is 18.6 Å².